The lowest BCUT2D eigenvalue weighted by molar-refractivity contribution is -0.122. The van der Waals surface area contributed by atoms with Crippen LogP contribution in [0, 0.1) is 0 Å². The fourth-order valence-electron chi connectivity index (χ4n) is 3.59. The topological polar surface area (TPSA) is 113 Å². The summed E-state index contributed by atoms with van der Waals surface area (Å²) in [7, 11) is -0.580. The fourth-order valence-corrected chi connectivity index (χ4v) is 4.51. The number of benzene rings is 2. The van der Waals surface area contributed by atoms with Gasteiger partial charge in [0.05, 0.1) is 15.9 Å². The predicted molar refractivity (Wildman–Crippen MR) is 131 cm³/mol. The molecular weight excluding hydrogens is 454 g/mol. The largest absolute Gasteiger partial charge is 0.356 e. The molecule has 0 aliphatic carbocycles. The van der Waals surface area contributed by atoms with E-state index in [1.54, 1.807) is 18.2 Å². The Morgan fingerprint density at radius 3 is 2.38 bits per heavy atom. The number of carbonyl (C=O) groups is 2. The number of nitrogens with zero attached hydrogens (tertiary/aromatic N) is 3. The van der Waals surface area contributed by atoms with Gasteiger partial charge in [0.25, 0.3) is 0 Å². The third kappa shape index (κ3) is 6.21. The fraction of sp³-hybridized carbons (Fsp3) is 0.375. The molecule has 0 spiro atoms. The second kappa shape index (κ2) is 11.3. The maximum absolute atomic E-state index is 12.4. The Kier molecular flexibility index (Phi) is 8.41. The Balaban J connectivity index is 1.53. The smallest absolute Gasteiger partial charge is 0.242 e. The summed E-state index contributed by atoms with van der Waals surface area (Å²) in [5.41, 5.74) is 2.42. The number of carbonyl (C=O) groups excluding carboxylic acids is 2. The number of aryl methyl sites for hydroxylation is 2. The zero-order valence-corrected chi connectivity index (χ0v) is 20.6. The maximum atomic E-state index is 12.4. The minimum Gasteiger partial charge on any atom is -0.356 e. The summed E-state index contributed by atoms with van der Waals surface area (Å²) in [6, 6.07) is 14.5. The number of aromatic nitrogens is 2. The average Bonchev–Trinajstić information content (AvgIpc) is 3.18. The van der Waals surface area contributed by atoms with Gasteiger partial charge in [-0.05, 0) is 30.7 Å². The first-order chi connectivity index (χ1) is 16.2. The molecule has 0 bridgehead atoms. The molecule has 0 fully saturated rings. The molecule has 0 saturated heterocycles. The lowest BCUT2D eigenvalue weighted by Crippen LogP contribution is -2.30. The van der Waals surface area contributed by atoms with E-state index in [0.29, 0.717) is 30.9 Å². The summed E-state index contributed by atoms with van der Waals surface area (Å²) >= 11 is 0. The third-order valence-electron chi connectivity index (χ3n) is 5.48. The van der Waals surface area contributed by atoms with Crippen LogP contribution in [0.2, 0.25) is 0 Å². The van der Waals surface area contributed by atoms with Crippen molar-refractivity contribution in [2.45, 2.75) is 44.2 Å². The molecule has 3 aromatic rings. The first-order valence-corrected chi connectivity index (χ1v) is 12.7. The van der Waals surface area contributed by atoms with Gasteiger partial charge in [-0.1, -0.05) is 30.3 Å². The van der Waals surface area contributed by atoms with Crippen molar-refractivity contribution in [3.63, 3.8) is 0 Å². The molecule has 10 heteroatoms. The first-order valence-electron chi connectivity index (χ1n) is 11.2. The molecule has 2 amide bonds. The molecule has 3 rings (SSSR count). The van der Waals surface area contributed by atoms with Crippen molar-refractivity contribution in [3.05, 3.63) is 59.9 Å². The number of amides is 2. The number of fused-ring (bicyclic) bond motifs is 1. The van der Waals surface area contributed by atoms with Crippen LogP contribution in [-0.2, 0) is 39.1 Å². The molecule has 0 aliphatic heterocycles. The monoisotopic (exact) mass is 485 g/mol. The van der Waals surface area contributed by atoms with E-state index < -0.39 is 10.0 Å². The van der Waals surface area contributed by atoms with E-state index in [9.17, 15) is 18.0 Å². The van der Waals surface area contributed by atoms with Crippen LogP contribution >= 0.6 is 0 Å². The van der Waals surface area contributed by atoms with Gasteiger partial charge in [0.1, 0.15) is 5.82 Å². The van der Waals surface area contributed by atoms with E-state index in [1.807, 2.05) is 41.8 Å². The van der Waals surface area contributed by atoms with Gasteiger partial charge in [-0.15, -0.1) is 0 Å². The third-order valence-corrected chi connectivity index (χ3v) is 7.29. The van der Waals surface area contributed by atoms with E-state index in [-0.39, 0.29) is 36.1 Å². The van der Waals surface area contributed by atoms with Gasteiger partial charge >= 0.3 is 0 Å². The molecule has 1 heterocycles. The van der Waals surface area contributed by atoms with E-state index in [2.05, 4.69) is 15.6 Å². The quantitative estimate of drug-likeness (QED) is 0.432. The summed E-state index contributed by atoms with van der Waals surface area (Å²) < 4.78 is 28.0. The lowest BCUT2D eigenvalue weighted by atomic mass is 10.2. The van der Waals surface area contributed by atoms with Crippen LogP contribution in [-0.4, -0.2) is 54.7 Å². The SMILES string of the molecule is CCn1c(CCC(=O)NCCC(=O)NCc2ccccc2)nc2cc(S(=O)(=O)N(C)C)ccc21. The van der Waals surface area contributed by atoms with Crippen LogP contribution in [0.3, 0.4) is 0 Å². The van der Waals surface area contributed by atoms with E-state index >= 15 is 0 Å². The summed E-state index contributed by atoms with van der Waals surface area (Å²) in [6.07, 6.45) is 0.831. The molecule has 34 heavy (non-hydrogen) atoms. The normalized spacial score (nSPS) is 11.6. The molecule has 0 radical (unpaired) electrons. The van der Waals surface area contributed by atoms with E-state index in [0.717, 1.165) is 15.4 Å². The van der Waals surface area contributed by atoms with Gasteiger partial charge in [0.2, 0.25) is 21.8 Å². The van der Waals surface area contributed by atoms with Crippen LogP contribution < -0.4 is 10.6 Å². The minimum absolute atomic E-state index is 0.125. The molecule has 0 aliphatic rings. The molecule has 9 nitrogen and oxygen atoms in total. The number of nitrogens with one attached hydrogen (secondary N) is 2. The van der Waals surface area contributed by atoms with Gasteiger partial charge < -0.3 is 15.2 Å². The van der Waals surface area contributed by atoms with E-state index in [1.165, 1.54) is 14.1 Å². The minimum atomic E-state index is -3.55. The molecule has 0 atom stereocenters. The van der Waals surface area contributed by atoms with Gasteiger partial charge in [0.15, 0.2) is 0 Å². The van der Waals surface area contributed by atoms with Crippen molar-refractivity contribution < 1.29 is 18.0 Å². The summed E-state index contributed by atoms with van der Waals surface area (Å²) in [6.45, 7) is 3.34. The highest BCUT2D eigenvalue weighted by molar-refractivity contribution is 7.89. The van der Waals surface area contributed by atoms with Gasteiger partial charge in [-0.2, -0.15) is 0 Å². The molecular formula is C24H31N5O4S. The molecule has 182 valence electrons. The van der Waals surface area contributed by atoms with Crippen molar-refractivity contribution in [2.24, 2.45) is 0 Å². The Labute approximate surface area is 200 Å². The van der Waals surface area contributed by atoms with Crippen molar-refractivity contribution in [1.82, 2.24) is 24.5 Å². The van der Waals surface area contributed by atoms with Gasteiger partial charge in [0, 0.05) is 53.0 Å². The molecule has 1 aromatic heterocycles. The first kappa shape index (κ1) is 25.4. The van der Waals surface area contributed by atoms with Crippen molar-refractivity contribution in [1.29, 1.82) is 0 Å². The Morgan fingerprint density at radius 1 is 1.00 bits per heavy atom. The Morgan fingerprint density at radius 2 is 1.71 bits per heavy atom. The average molecular weight is 486 g/mol. The lowest BCUT2D eigenvalue weighted by Gasteiger charge is -2.11. The zero-order valence-electron chi connectivity index (χ0n) is 19.7. The molecule has 2 aromatic carbocycles. The second-order valence-corrected chi connectivity index (χ2v) is 10.2. The number of imidazole rings is 1. The predicted octanol–water partition coefficient (Wildman–Crippen LogP) is 2.06. The number of hydrogen-bond donors (Lipinski definition) is 2. The number of sulfonamides is 1. The highest BCUT2D eigenvalue weighted by Gasteiger charge is 2.19. The summed E-state index contributed by atoms with van der Waals surface area (Å²) in [5, 5.41) is 5.61. The van der Waals surface area contributed by atoms with Crippen LogP contribution in [0.5, 0.6) is 0 Å². The summed E-state index contributed by atoms with van der Waals surface area (Å²) in [5.74, 6) is 0.425. The number of hydrogen-bond acceptors (Lipinski definition) is 5. The van der Waals surface area contributed by atoms with E-state index in [4.69, 9.17) is 0 Å². The zero-order chi connectivity index (χ0) is 24.7. The van der Waals surface area contributed by atoms with Crippen molar-refractivity contribution in [3.8, 4) is 0 Å². The number of rotatable bonds is 11. The van der Waals surface area contributed by atoms with Crippen LogP contribution in [0.25, 0.3) is 11.0 Å². The molecule has 0 saturated carbocycles. The Bertz CT molecular complexity index is 1250. The second-order valence-electron chi connectivity index (χ2n) is 8.07. The highest BCUT2D eigenvalue weighted by atomic mass is 32.2. The summed E-state index contributed by atoms with van der Waals surface area (Å²) in [4.78, 5) is 29.0. The highest BCUT2D eigenvalue weighted by Crippen LogP contribution is 2.22. The molecule has 0 unspecified atom stereocenters. The van der Waals surface area contributed by atoms with Crippen molar-refractivity contribution in [2.75, 3.05) is 20.6 Å². The maximum Gasteiger partial charge on any atom is 0.242 e. The Hall–Kier alpha value is -3.24. The van der Waals surface area contributed by atoms with Crippen molar-refractivity contribution >= 4 is 32.9 Å². The van der Waals surface area contributed by atoms with Crippen LogP contribution in [0.4, 0.5) is 0 Å². The van der Waals surface area contributed by atoms with Crippen LogP contribution in [0.1, 0.15) is 31.2 Å². The van der Waals surface area contributed by atoms with Crippen LogP contribution in [0.15, 0.2) is 53.4 Å². The molecule has 2 N–H and O–H groups in total. The van der Waals surface area contributed by atoms with Gasteiger partial charge in [-0.3, -0.25) is 9.59 Å². The van der Waals surface area contributed by atoms with Gasteiger partial charge in [-0.25, -0.2) is 17.7 Å². The standard InChI is InChI=1S/C24H31N5O4S/c1-4-29-21-11-10-19(34(32,33)28(2)3)16-20(21)27-22(29)12-13-23(30)25-15-14-24(31)26-17-18-8-6-5-7-9-18/h5-11,16H,4,12-15,17H2,1-3H3,(H,25,30)(H,26,31).